The second-order valence-electron chi connectivity index (χ2n) is 9.80. The third-order valence-electron chi connectivity index (χ3n) is 7.05. The van der Waals surface area contributed by atoms with Gasteiger partial charge in [-0.05, 0) is 87.4 Å². The molecule has 2 aliphatic heterocycles. The molecule has 0 unspecified atom stereocenters. The van der Waals surface area contributed by atoms with Crippen molar-refractivity contribution in [3.63, 3.8) is 0 Å². The van der Waals surface area contributed by atoms with Gasteiger partial charge >= 0.3 is 0 Å². The lowest BCUT2D eigenvalue weighted by Crippen LogP contribution is -2.21. The van der Waals surface area contributed by atoms with E-state index in [0.29, 0.717) is 38.1 Å². The average molecular weight is 612 g/mol. The Bertz CT molecular complexity index is 1730. The van der Waals surface area contributed by atoms with Gasteiger partial charge in [-0.15, -0.1) is 0 Å². The van der Waals surface area contributed by atoms with E-state index in [9.17, 15) is 0 Å². The Morgan fingerprint density at radius 3 is 2.33 bits per heavy atom. The molecule has 0 amide bonds. The molecule has 0 radical (unpaired) electrons. The Kier molecular flexibility index (Phi) is 8.20. The highest BCUT2D eigenvalue weighted by atomic mass is 35.5. The Morgan fingerprint density at radius 1 is 0.800 bits per heavy atom. The lowest BCUT2D eigenvalue weighted by molar-refractivity contribution is 0.335. The molecule has 1 fully saturated rings. The number of nitrogens with zero attached hydrogens (tertiary/aromatic N) is 4. The molecule has 0 aromatic heterocycles. The van der Waals surface area contributed by atoms with Gasteiger partial charge in [0.25, 0.3) is 0 Å². The summed E-state index contributed by atoms with van der Waals surface area (Å²) in [5.74, 6) is 1.16. The molecule has 0 saturated carbocycles. The van der Waals surface area contributed by atoms with Crippen molar-refractivity contribution in [3.8, 4) is 28.6 Å². The van der Waals surface area contributed by atoms with Crippen LogP contribution in [0.4, 0.5) is 0 Å². The molecule has 0 atom stereocenters. The highest BCUT2D eigenvalue weighted by Crippen LogP contribution is 2.34. The smallest absolute Gasteiger partial charge is 0.154 e. The van der Waals surface area contributed by atoms with Gasteiger partial charge in [0.2, 0.25) is 0 Å². The Balaban J connectivity index is 1.51. The molecule has 40 heavy (non-hydrogen) atoms. The van der Waals surface area contributed by atoms with E-state index in [1.165, 1.54) is 25.9 Å². The quantitative estimate of drug-likeness (QED) is 0.136. The van der Waals surface area contributed by atoms with Crippen molar-refractivity contribution in [1.82, 2.24) is 14.5 Å². The van der Waals surface area contributed by atoms with Crippen molar-refractivity contribution in [2.75, 3.05) is 26.2 Å². The zero-order valence-corrected chi connectivity index (χ0v) is 24.6. The number of hydrogen-bond donors (Lipinski definition) is 0. The van der Waals surface area contributed by atoms with Crippen LogP contribution in [0.5, 0.6) is 11.5 Å². The van der Waals surface area contributed by atoms with Crippen LogP contribution in [0.2, 0.25) is 20.1 Å². The summed E-state index contributed by atoms with van der Waals surface area (Å²) in [6.45, 7) is 4.05. The second-order valence-corrected chi connectivity index (χ2v) is 11.4. The van der Waals surface area contributed by atoms with Gasteiger partial charge in [-0.3, -0.25) is 4.99 Å². The van der Waals surface area contributed by atoms with Crippen LogP contribution >= 0.6 is 46.4 Å². The first-order chi connectivity index (χ1) is 19.5. The van der Waals surface area contributed by atoms with Crippen molar-refractivity contribution in [2.45, 2.75) is 19.3 Å². The third kappa shape index (κ3) is 5.81. The van der Waals surface area contributed by atoms with Crippen LogP contribution in [0.25, 0.3) is 28.1 Å². The predicted molar refractivity (Wildman–Crippen MR) is 165 cm³/mol. The summed E-state index contributed by atoms with van der Waals surface area (Å²) in [4.78, 5) is 12.5. The molecule has 3 aromatic carbocycles. The van der Waals surface area contributed by atoms with Crippen LogP contribution in [0, 0.1) is 0 Å². The molecule has 0 spiro atoms. The third-order valence-corrected chi connectivity index (χ3v) is 8.53. The highest BCUT2D eigenvalue weighted by Gasteiger charge is 2.18. The molecule has 1 aliphatic carbocycles. The van der Waals surface area contributed by atoms with E-state index in [2.05, 4.69) is 9.47 Å². The van der Waals surface area contributed by atoms with Crippen LogP contribution in [-0.4, -0.2) is 40.6 Å². The first-order valence-electron chi connectivity index (χ1n) is 13.2. The van der Waals surface area contributed by atoms with Crippen LogP contribution in [-0.2, 0) is 0 Å². The lowest BCUT2D eigenvalue weighted by atomic mass is 10.1. The van der Waals surface area contributed by atoms with Gasteiger partial charge in [-0.2, -0.15) is 0 Å². The number of halogens is 4. The first-order valence-corrected chi connectivity index (χ1v) is 14.7. The maximum Gasteiger partial charge on any atom is 0.154 e. The minimum Gasteiger partial charge on any atom is -0.455 e. The molecular formula is C31H26Cl4N4O. The molecule has 204 valence electrons. The van der Waals surface area contributed by atoms with Gasteiger partial charge in [0.05, 0.1) is 42.5 Å². The lowest BCUT2D eigenvalue weighted by Gasteiger charge is -2.20. The maximum atomic E-state index is 6.45. The van der Waals surface area contributed by atoms with Gasteiger partial charge in [0.1, 0.15) is 11.1 Å². The molecule has 0 bridgehead atoms. The number of fused-ring (bicyclic) bond motifs is 2. The van der Waals surface area contributed by atoms with Crippen molar-refractivity contribution in [1.29, 1.82) is 0 Å². The molecule has 3 aromatic rings. The van der Waals surface area contributed by atoms with E-state index in [4.69, 9.17) is 61.1 Å². The summed E-state index contributed by atoms with van der Waals surface area (Å²) in [6, 6.07) is 22.8. The number of ether oxygens (including phenoxy) is 1. The fourth-order valence-corrected chi connectivity index (χ4v) is 5.68. The zero-order chi connectivity index (χ0) is 27.6. The van der Waals surface area contributed by atoms with Crippen LogP contribution in [0.1, 0.15) is 19.3 Å². The van der Waals surface area contributed by atoms with E-state index in [1.807, 2.05) is 48.5 Å². The number of likely N-dealkylation sites (tertiary alicyclic amines) is 1. The summed E-state index contributed by atoms with van der Waals surface area (Å²) in [7, 11) is 0. The standard InChI is InChI=1S/C31H26Cl4N4O/c32-22-10-8-20(16-24(22)34)39-29-7-2-1-6-26(29)37-27-19-31(40-21-9-11-23(33)25(35)17-21)28(18-30(27)39)36-12-5-15-38-13-3-4-14-38/h1-2,6-11,16-19H,3-5,12-15H2. The second kappa shape index (κ2) is 12.0. The molecule has 9 heteroatoms. The summed E-state index contributed by atoms with van der Waals surface area (Å²) in [5, 5.41) is 2.60. The SMILES string of the molecule is Clc1ccc(Oc2cc3nc4ccccc4n(-c4ccc(Cl)c(Cl)c4)c-3cc2=NCCCN2CCCC2)cc1Cl. The first kappa shape index (κ1) is 27.4. The van der Waals surface area contributed by atoms with E-state index in [-0.39, 0.29) is 0 Å². The van der Waals surface area contributed by atoms with Crippen LogP contribution in [0.15, 0.2) is 77.8 Å². The number of aromatic nitrogens is 2. The summed E-state index contributed by atoms with van der Waals surface area (Å²) < 4.78 is 8.47. The summed E-state index contributed by atoms with van der Waals surface area (Å²) in [6.07, 6.45) is 3.52. The van der Waals surface area contributed by atoms with Crippen molar-refractivity contribution < 1.29 is 4.74 Å². The largest absolute Gasteiger partial charge is 0.455 e. The molecule has 1 saturated heterocycles. The van der Waals surface area contributed by atoms with Gasteiger partial charge in [-0.1, -0.05) is 58.5 Å². The number of hydrogen-bond acceptors (Lipinski definition) is 4. The minimum atomic E-state index is 0.422. The molecule has 0 N–H and O–H groups in total. The Morgan fingerprint density at radius 2 is 1.55 bits per heavy atom. The normalized spacial score (nSPS) is 14.4. The molecule has 2 heterocycles. The van der Waals surface area contributed by atoms with Crippen molar-refractivity contribution in [2.24, 2.45) is 4.99 Å². The minimum absolute atomic E-state index is 0.422. The maximum absolute atomic E-state index is 6.45. The molecular weight excluding hydrogens is 586 g/mol. The Hall–Kier alpha value is -2.80. The van der Waals surface area contributed by atoms with E-state index < -0.39 is 0 Å². The Labute approximate surface area is 252 Å². The summed E-state index contributed by atoms with van der Waals surface area (Å²) in [5.41, 5.74) is 4.26. The number of benzene rings is 4. The molecule has 5 nitrogen and oxygen atoms in total. The van der Waals surface area contributed by atoms with Gasteiger partial charge in [0, 0.05) is 24.4 Å². The van der Waals surface area contributed by atoms with E-state index in [0.717, 1.165) is 46.4 Å². The van der Waals surface area contributed by atoms with Gasteiger partial charge in [-0.25, -0.2) is 4.98 Å². The van der Waals surface area contributed by atoms with E-state index in [1.54, 1.807) is 24.3 Å². The highest BCUT2D eigenvalue weighted by molar-refractivity contribution is 6.42. The van der Waals surface area contributed by atoms with Gasteiger partial charge < -0.3 is 14.2 Å². The average Bonchev–Trinajstić information content (AvgIpc) is 3.47. The topological polar surface area (TPSA) is 42.6 Å². The van der Waals surface area contributed by atoms with Crippen molar-refractivity contribution >= 4 is 57.4 Å². The number of rotatable bonds is 7. The van der Waals surface area contributed by atoms with Crippen LogP contribution in [0.3, 0.4) is 0 Å². The number of para-hydroxylation sites is 2. The van der Waals surface area contributed by atoms with Crippen molar-refractivity contribution in [3.05, 3.63) is 98.2 Å². The summed E-state index contributed by atoms with van der Waals surface area (Å²) >= 11 is 25.1. The van der Waals surface area contributed by atoms with Crippen LogP contribution < -0.4 is 10.1 Å². The predicted octanol–water partition coefficient (Wildman–Crippen LogP) is 8.92. The zero-order valence-electron chi connectivity index (χ0n) is 21.6. The fraction of sp³-hybridized carbons (Fsp3) is 0.226. The molecule has 6 rings (SSSR count). The molecule has 3 aliphatic rings. The monoisotopic (exact) mass is 610 g/mol. The van der Waals surface area contributed by atoms with Gasteiger partial charge in [0.15, 0.2) is 5.75 Å². The fourth-order valence-electron chi connectivity index (χ4n) is 5.10. The van der Waals surface area contributed by atoms with E-state index >= 15 is 0 Å².